The molecular formula is C28H36N4O3. The molecule has 7 heteroatoms. The highest BCUT2D eigenvalue weighted by Crippen LogP contribution is 2.24. The van der Waals surface area contributed by atoms with Gasteiger partial charge in [0.25, 0.3) is 5.56 Å². The Morgan fingerprint density at radius 1 is 1.11 bits per heavy atom. The molecule has 0 saturated carbocycles. The lowest BCUT2D eigenvalue weighted by Crippen LogP contribution is -2.31. The summed E-state index contributed by atoms with van der Waals surface area (Å²) >= 11 is 0. The summed E-state index contributed by atoms with van der Waals surface area (Å²) in [6.07, 6.45) is 3.67. The molecule has 0 fully saturated rings. The molecule has 0 bridgehead atoms. The zero-order valence-electron chi connectivity index (χ0n) is 21.5. The fraction of sp³-hybridized carbons (Fsp3) is 0.429. The Labute approximate surface area is 207 Å². The van der Waals surface area contributed by atoms with E-state index in [4.69, 9.17) is 15.1 Å². The molecule has 2 heterocycles. The highest BCUT2D eigenvalue weighted by molar-refractivity contribution is 6.35. The molecule has 0 aliphatic carbocycles. The first-order chi connectivity index (χ1) is 16.4. The lowest BCUT2D eigenvalue weighted by Gasteiger charge is -2.21. The molecule has 1 aromatic carbocycles. The Hall–Kier alpha value is -3.48. The molecule has 3 aromatic rings. The summed E-state index contributed by atoms with van der Waals surface area (Å²) in [4.78, 5) is 30.3. The number of hydrogen-bond donors (Lipinski definition) is 2. The highest BCUT2D eigenvalue weighted by Gasteiger charge is 2.21. The Kier molecular flexibility index (Phi) is 8.10. The number of anilines is 1. The number of ether oxygens (including phenoxy) is 1. The minimum Gasteiger partial charge on any atom is -0.456 e. The van der Waals surface area contributed by atoms with Crippen LogP contribution in [0.2, 0.25) is 0 Å². The molecular weight excluding hydrogens is 440 g/mol. The topological polar surface area (TPSA) is 96.5 Å². The van der Waals surface area contributed by atoms with Gasteiger partial charge in [-0.25, -0.2) is 9.78 Å². The van der Waals surface area contributed by atoms with Gasteiger partial charge >= 0.3 is 5.97 Å². The Morgan fingerprint density at radius 2 is 1.80 bits per heavy atom. The molecule has 0 aliphatic heterocycles. The van der Waals surface area contributed by atoms with E-state index in [1.165, 1.54) is 0 Å². The van der Waals surface area contributed by atoms with Crippen molar-refractivity contribution in [1.29, 1.82) is 5.41 Å². The fourth-order valence-electron chi connectivity index (χ4n) is 3.83. The number of rotatable bonds is 9. The van der Waals surface area contributed by atoms with E-state index in [2.05, 4.69) is 19.2 Å². The van der Waals surface area contributed by atoms with E-state index in [-0.39, 0.29) is 23.7 Å². The predicted octanol–water partition coefficient (Wildman–Crippen LogP) is 5.50. The molecule has 7 nitrogen and oxygen atoms in total. The summed E-state index contributed by atoms with van der Waals surface area (Å²) in [6, 6.07) is 13.1. The van der Waals surface area contributed by atoms with Crippen molar-refractivity contribution < 1.29 is 9.53 Å². The van der Waals surface area contributed by atoms with Gasteiger partial charge in [-0.2, -0.15) is 0 Å². The van der Waals surface area contributed by atoms with Crippen LogP contribution in [-0.2, 0) is 16.0 Å². The number of nitrogens with one attached hydrogen (secondary N) is 2. The Morgan fingerprint density at radius 3 is 2.43 bits per heavy atom. The first-order valence-electron chi connectivity index (χ1n) is 12.1. The number of carbonyl (C=O) groups excluding carboxylic acids is 1. The van der Waals surface area contributed by atoms with Crippen LogP contribution in [-0.4, -0.2) is 32.7 Å². The van der Waals surface area contributed by atoms with Crippen molar-refractivity contribution >= 4 is 23.0 Å². The maximum Gasteiger partial charge on any atom is 0.352 e. The van der Waals surface area contributed by atoms with Gasteiger partial charge in [0.1, 0.15) is 17.0 Å². The normalized spacial score (nSPS) is 12.5. The fourth-order valence-corrected chi connectivity index (χ4v) is 3.83. The predicted molar refractivity (Wildman–Crippen MR) is 141 cm³/mol. The molecule has 0 saturated heterocycles. The maximum atomic E-state index is 13.4. The Bertz CT molecular complexity index is 1250. The SMILES string of the molecule is CC(C)CCc1nc2ccccn2c(=O)c1-c1ccc(N[C@H](C)CC(=N)C(=O)OC(C)(C)C)cc1. The number of carbonyl (C=O) groups is 1. The first-order valence-corrected chi connectivity index (χ1v) is 12.1. The zero-order valence-corrected chi connectivity index (χ0v) is 21.5. The van der Waals surface area contributed by atoms with Crippen molar-refractivity contribution in [2.24, 2.45) is 5.92 Å². The number of nitrogens with zero attached hydrogens (tertiary/aromatic N) is 2. The van der Waals surface area contributed by atoms with Gasteiger partial charge in [-0.15, -0.1) is 0 Å². The van der Waals surface area contributed by atoms with Crippen molar-refractivity contribution in [3.05, 3.63) is 64.7 Å². The summed E-state index contributed by atoms with van der Waals surface area (Å²) in [7, 11) is 0. The van der Waals surface area contributed by atoms with E-state index >= 15 is 0 Å². The van der Waals surface area contributed by atoms with Crippen molar-refractivity contribution in [2.45, 2.75) is 72.4 Å². The van der Waals surface area contributed by atoms with Crippen molar-refractivity contribution in [2.75, 3.05) is 5.32 Å². The Balaban J connectivity index is 1.80. The van der Waals surface area contributed by atoms with Crippen LogP contribution in [0.5, 0.6) is 0 Å². The van der Waals surface area contributed by atoms with Crippen LogP contribution in [0.25, 0.3) is 16.8 Å². The summed E-state index contributed by atoms with van der Waals surface area (Å²) in [5.41, 5.74) is 2.99. The van der Waals surface area contributed by atoms with Crippen LogP contribution in [0.3, 0.4) is 0 Å². The molecule has 1 atom stereocenters. The lowest BCUT2D eigenvalue weighted by atomic mass is 9.99. The molecule has 0 aliphatic rings. The number of esters is 1. The molecule has 2 aromatic heterocycles. The number of benzene rings is 1. The summed E-state index contributed by atoms with van der Waals surface area (Å²) < 4.78 is 6.86. The zero-order chi connectivity index (χ0) is 25.8. The third kappa shape index (κ3) is 7.01. The van der Waals surface area contributed by atoms with E-state index in [1.807, 2.05) is 49.4 Å². The monoisotopic (exact) mass is 476 g/mol. The highest BCUT2D eigenvalue weighted by atomic mass is 16.6. The summed E-state index contributed by atoms with van der Waals surface area (Å²) in [5.74, 6) is -0.0916. The maximum absolute atomic E-state index is 13.4. The molecule has 186 valence electrons. The second-order valence-corrected chi connectivity index (χ2v) is 10.4. The first kappa shape index (κ1) is 26.1. The third-order valence-corrected chi connectivity index (χ3v) is 5.51. The van der Waals surface area contributed by atoms with Crippen molar-refractivity contribution in [1.82, 2.24) is 9.38 Å². The van der Waals surface area contributed by atoms with Gasteiger partial charge in [-0.1, -0.05) is 32.0 Å². The number of aryl methyl sites for hydroxylation is 1. The van der Waals surface area contributed by atoms with Crippen molar-refractivity contribution in [3.63, 3.8) is 0 Å². The van der Waals surface area contributed by atoms with Crippen LogP contribution >= 0.6 is 0 Å². The van der Waals surface area contributed by atoms with Gasteiger partial charge in [0.15, 0.2) is 0 Å². The summed E-state index contributed by atoms with van der Waals surface area (Å²) in [5, 5.41) is 11.4. The number of aromatic nitrogens is 2. The van der Waals surface area contributed by atoms with E-state index in [0.29, 0.717) is 17.1 Å². The molecule has 0 unspecified atom stereocenters. The number of hydrogen-bond acceptors (Lipinski definition) is 6. The van der Waals surface area contributed by atoms with E-state index in [0.717, 1.165) is 29.8 Å². The average Bonchev–Trinajstić information content (AvgIpc) is 2.77. The van der Waals surface area contributed by atoms with Crippen LogP contribution in [0.4, 0.5) is 5.69 Å². The largest absolute Gasteiger partial charge is 0.456 e. The second-order valence-electron chi connectivity index (χ2n) is 10.4. The lowest BCUT2D eigenvalue weighted by molar-refractivity contribution is -0.146. The third-order valence-electron chi connectivity index (χ3n) is 5.51. The number of fused-ring (bicyclic) bond motifs is 1. The van der Waals surface area contributed by atoms with Crippen LogP contribution in [0, 0.1) is 11.3 Å². The van der Waals surface area contributed by atoms with Gasteiger partial charge in [-0.05, 0) is 76.3 Å². The van der Waals surface area contributed by atoms with E-state index in [9.17, 15) is 9.59 Å². The van der Waals surface area contributed by atoms with E-state index < -0.39 is 11.6 Å². The van der Waals surface area contributed by atoms with E-state index in [1.54, 1.807) is 31.4 Å². The standard InChI is InChI=1S/C28H36N4O3/c1-18(2)10-15-23-25(26(33)32-16-8-7-9-24(32)31-23)20-11-13-21(14-12-20)30-19(3)17-22(29)27(34)35-28(4,5)6/h7-9,11-14,16,18-19,29-30H,10,15,17H2,1-6H3/t19-/m1/s1. The van der Waals surface area contributed by atoms with Crippen molar-refractivity contribution in [3.8, 4) is 11.1 Å². The van der Waals surface area contributed by atoms with Gasteiger partial charge in [0.2, 0.25) is 0 Å². The molecule has 0 spiro atoms. The quantitative estimate of drug-likeness (QED) is 0.314. The molecule has 0 amide bonds. The molecule has 35 heavy (non-hydrogen) atoms. The van der Waals surface area contributed by atoms with Gasteiger partial charge in [-0.3, -0.25) is 14.6 Å². The second kappa shape index (κ2) is 10.8. The van der Waals surface area contributed by atoms with Gasteiger partial charge < -0.3 is 10.1 Å². The van der Waals surface area contributed by atoms with Gasteiger partial charge in [0.05, 0.1) is 11.3 Å². The minimum atomic E-state index is -0.625. The average molecular weight is 477 g/mol. The smallest absolute Gasteiger partial charge is 0.352 e. The van der Waals surface area contributed by atoms with Gasteiger partial charge in [0, 0.05) is 24.3 Å². The van der Waals surface area contributed by atoms with Crippen LogP contribution in [0.1, 0.15) is 60.1 Å². The molecule has 3 rings (SSSR count). The van der Waals surface area contributed by atoms with Crippen LogP contribution in [0.15, 0.2) is 53.5 Å². The molecule has 0 radical (unpaired) electrons. The molecule has 2 N–H and O–H groups in total. The summed E-state index contributed by atoms with van der Waals surface area (Å²) in [6.45, 7) is 11.6. The number of pyridine rings is 1. The van der Waals surface area contributed by atoms with Crippen LogP contribution < -0.4 is 10.9 Å². The minimum absolute atomic E-state index is 0.0680.